The highest BCUT2D eigenvalue weighted by Crippen LogP contribution is 2.30. The summed E-state index contributed by atoms with van der Waals surface area (Å²) in [5, 5.41) is 11.5. The molecule has 0 spiro atoms. The van der Waals surface area contributed by atoms with E-state index in [2.05, 4.69) is 20.5 Å². The van der Waals surface area contributed by atoms with Crippen molar-refractivity contribution in [3.63, 3.8) is 0 Å². The smallest absolute Gasteiger partial charge is 0.277 e. The predicted molar refractivity (Wildman–Crippen MR) is 115 cm³/mol. The van der Waals surface area contributed by atoms with Crippen molar-refractivity contribution in [3.05, 3.63) is 71.0 Å². The molecule has 28 heavy (non-hydrogen) atoms. The van der Waals surface area contributed by atoms with Crippen LogP contribution in [-0.2, 0) is 6.54 Å². The van der Waals surface area contributed by atoms with E-state index in [1.165, 1.54) is 0 Å². The molecule has 0 atom stereocenters. The number of carbonyl (C=O) groups excluding carboxylic acids is 1. The van der Waals surface area contributed by atoms with E-state index >= 15 is 0 Å². The fourth-order valence-corrected chi connectivity index (χ4v) is 4.29. The lowest BCUT2D eigenvalue weighted by atomic mass is 10.2. The van der Waals surface area contributed by atoms with Crippen molar-refractivity contribution in [2.45, 2.75) is 6.54 Å². The zero-order chi connectivity index (χ0) is 19.3. The van der Waals surface area contributed by atoms with Crippen LogP contribution in [0.1, 0.15) is 16.1 Å². The Bertz CT molecular complexity index is 956. The summed E-state index contributed by atoms with van der Waals surface area (Å²) in [6.07, 6.45) is 1.64. The molecular weight excluding hydrogens is 394 g/mol. The molecule has 0 bridgehead atoms. The number of hydrogen-bond donors (Lipinski definition) is 1. The van der Waals surface area contributed by atoms with Crippen molar-refractivity contribution < 1.29 is 4.79 Å². The van der Waals surface area contributed by atoms with E-state index in [-0.39, 0.29) is 11.6 Å². The van der Waals surface area contributed by atoms with Crippen molar-refractivity contribution in [2.75, 3.05) is 34.8 Å². The molecule has 0 radical (unpaired) electrons. The van der Waals surface area contributed by atoms with Crippen LogP contribution in [0.5, 0.6) is 0 Å². The van der Waals surface area contributed by atoms with E-state index in [0.717, 1.165) is 35.8 Å². The Morgan fingerprint density at radius 2 is 1.93 bits per heavy atom. The van der Waals surface area contributed by atoms with Crippen LogP contribution in [0.25, 0.3) is 0 Å². The van der Waals surface area contributed by atoms with Gasteiger partial charge in [0.15, 0.2) is 5.69 Å². The molecule has 1 aliphatic heterocycles. The van der Waals surface area contributed by atoms with E-state index in [4.69, 9.17) is 11.6 Å². The van der Waals surface area contributed by atoms with E-state index in [1.54, 1.807) is 16.9 Å². The minimum Gasteiger partial charge on any atom is -0.369 e. The first-order chi connectivity index (χ1) is 13.7. The summed E-state index contributed by atoms with van der Waals surface area (Å²) in [6.45, 7) is 2.54. The van der Waals surface area contributed by atoms with Gasteiger partial charge in [-0.15, -0.1) is 5.10 Å². The van der Waals surface area contributed by atoms with E-state index in [0.29, 0.717) is 17.3 Å². The van der Waals surface area contributed by atoms with Gasteiger partial charge in [-0.05, 0) is 23.8 Å². The molecular formula is C20H20ClN5OS. The quantitative estimate of drug-likeness (QED) is 0.689. The van der Waals surface area contributed by atoms with Gasteiger partial charge in [0, 0.05) is 30.3 Å². The Labute approximate surface area is 172 Å². The number of nitrogens with one attached hydrogen (secondary N) is 1. The Kier molecular flexibility index (Phi) is 5.83. The van der Waals surface area contributed by atoms with Gasteiger partial charge in [0.2, 0.25) is 0 Å². The lowest BCUT2D eigenvalue weighted by Crippen LogP contribution is -2.32. The summed E-state index contributed by atoms with van der Waals surface area (Å²) < 4.78 is 1.65. The van der Waals surface area contributed by atoms with Gasteiger partial charge in [-0.2, -0.15) is 11.8 Å². The second kappa shape index (κ2) is 8.67. The van der Waals surface area contributed by atoms with Crippen LogP contribution in [0, 0.1) is 0 Å². The number of carbonyl (C=O) groups is 1. The van der Waals surface area contributed by atoms with Gasteiger partial charge in [-0.3, -0.25) is 4.79 Å². The molecule has 144 valence electrons. The molecule has 1 aromatic heterocycles. The van der Waals surface area contributed by atoms with Crippen molar-refractivity contribution >= 4 is 40.6 Å². The molecule has 3 aromatic rings. The highest BCUT2D eigenvalue weighted by molar-refractivity contribution is 7.99. The van der Waals surface area contributed by atoms with Gasteiger partial charge in [0.05, 0.1) is 23.5 Å². The molecule has 2 aromatic carbocycles. The second-order valence-electron chi connectivity index (χ2n) is 6.51. The van der Waals surface area contributed by atoms with Gasteiger partial charge >= 0.3 is 0 Å². The fourth-order valence-electron chi connectivity index (χ4n) is 3.09. The third-order valence-corrected chi connectivity index (χ3v) is 5.76. The number of aromatic nitrogens is 3. The largest absolute Gasteiger partial charge is 0.369 e. The lowest BCUT2D eigenvalue weighted by Gasteiger charge is -2.29. The fraction of sp³-hybridized carbons (Fsp3) is 0.250. The molecule has 6 nitrogen and oxygen atoms in total. The maximum Gasteiger partial charge on any atom is 0.277 e. The molecule has 4 rings (SSSR count). The average molecular weight is 414 g/mol. The summed E-state index contributed by atoms with van der Waals surface area (Å²) in [5.74, 6) is 1.90. The number of halogens is 1. The first kappa shape index (κ1) is 18.8. The van der Waals surface area contributed by atoms with Gasteiger partial charge < -0.3 is 10.2 Å². The topological polar surface area (TPSA) is 63.1 Å². The molecule has 2 heterocycles. The van der Waals surface area contributed by atoms with Gasteiger partial charge in [-0.1, -0.05) is 47.1 Å². The third kappa shape index (κ3) is 4.48. The van der Waals surface area contributed by atoms with Gasteiger partial charge in [0.1, 0.15) is 0 Å². The van der Waals surface area contributed by atoms with Gasteiger partial charge in [0.25, 0.3) is 5.91 Å². The summed E-state index contributed by atoms with van der Waals surface area (Å²) in [7, 11) is 0. The number of thioether (sulfide) groups is 1. The van der Waals surface area contributed by atoms with Crippen LogP contribution in [0.2, 0.25) is 5.02 Å². The minimum absolute atomic E-state index is 0.268. The maximum absolute atomic E-state index is 12.5. The van der Waals surface area contributed by atoms with Gasteiger partial charge in [-0.25, -0.2) is 4.68 Å². The van der Waals surface area contributed by atoms with Crippen LogP contribution >= 0.6 is 23.4 Å². The highest BCUT2D eigenvalue weighted by atomic mass is 35.5. The van der Waals surface area contributed by atoms with Crippen molar-refractivity contribution in [1.82, 2.24) is 15.0 Å². The number of amides is 1. The number of benzene rings is 2. The van der Waals surface area contributed by atoms with Crippen LogP contribution in [0.3, 0.4) is 0 Å². The predicted octanol–water partition coefficient (Wildman–Crippen LogP) is 3.79. The van der Waals surface area contributed by atoms with E-state index in [1.807, 2.05) is 54.2 Å². The second-order valence-corrected chi connectivity index (χ2v) is 8.14. The van der Waals surface area contributed by atoms with E-state index < -0.39 is 0 Å². The molecule has 1 N–H and O–H groups in total. The first-order valence-electron chi connectivity index (χ1n) is 9.07. The Balaban J connectivity index is 1.41. The minimum atomic E-state index is -0.308. The van der Waals surface area contributed by atoms with Crippen LogP contribution < -0.4 is 10.2 Å². The standard InChI is InChI=1S/C20H20ClN5OS/c21-17-12-16(6-7-19(17)25-8-10-28-11-9-25)22-20(27)18-14-26(24-23-18)13-15-4-2-1-3-5-15/h1-7,12,14H,8-11,13H2,(H,22,27). The SMILES string of the molecule is O=C(Nc1ccc(N2CCSCC2)c(Cl)c1)c1cn(Cc2ccccc2)nn1. The molecule has 1 saturated heterocycles. The van der Waals surface area contributed by atoms with Crippen molar-refractivity contribution in [1.29, 1.82) is 0 Å². The summed E-state index contributed by atoms with van der Waals surface area (Å²) >= 11 is 8.41. The summed E-state index contributed by atoms with van der Waals surface area (Å²) in [5.41, 5.74) is 3.01. The van der Waals surface area contributed by atoms with Crippen LogP contribution in [0.15, 0.2) is 54.7 Å². The average Bonchev–Trinajstić information content (AvgIpc) is 3.18. The normalized spacial score (nSPS) is 14.1. The molecule has 0 aliphatic carbocycles. The first-order valence-corrected chi connectivity index (χ1v) is 10.6. The zero-order valence-electron chi connectivity index (χ0n) is 15.2. The molecule has 1 aliphatic rings. The Morgan fingerprint density at radius 3 is 2.68 bits per heavy atom. The number of nitrogens with zero attached hydrogens (tertiary/aromatic N) is 4. The molecule has 1 fully saturated rings. The molecule has 0 unspecified atom stereocenters. The lowest BCUT2D eigenvalue weighted by molar-refractivity contribution is 0.102. The zero-order valence-corrected chi connectivity index (χ0v) is 16.8. The van der Waals surface area contributed by atoms with Crippen LogP contribution in [0.4, 0.5) is 11.4 Å². The Hall–Kier alpha value is -2.51. The monoisotopic (exact) mass is 413 g/mol. The van der Waals surface area contributed by atoms with E-state index in [9.17, 15) is 4.79 Å². The third-order valence-electron chi connectivity index (χ3n) is 4.52. The number of hydrogen-bond acceptors (Lipinski definition) is 5. The maximum atomic E-state index is 12.5. The summed E-state index contributed by atoms with van der Waals surface area (Å²) in [6, 6.07) is 15.5. The molecule has 1 amide bonds. The number of rotatable bonds is 5. The highest BCUT2D eigenvalue weighted by Gasteiger charge is 2.16. The number of anilines is 2. The summed E-state index contributed by atoms with van der Waals surface area (Å²) in [4.78, 5) is 14.8. The Morgan fingerprint density at radius 1 is 1.14 bits per heavy atom. The van der Waals surface area contributed by atoms with Crippen molar-refractivity contribution in [2.24, 2.45) is 0 Å². The molecule has 8 heteroatoms. The van der Waals surface area contributed by atoms with Crippen molar-refractivity contribution in [3.8, 4) is 0 Å². The van der Waals surface area contributed by atoms with Crippen LogP contribution in [-0.4, -0.2) is 45.5 Å². The molecule has 0 saturated carbocycles.